The molecule has 0 atom stereocenters. The van der Waals surface area contributed by atoms with Crippen LogP contribution in [0.1, 0.15) is 11.4 Å². The molecular weight excluding hydrogens is 347 g/mol. The van der Waals surface area contributed by atoms with Crippen molar-refractivity contribution in [3.05, 3.63) is 48.2 Å². The van der Waals surface area contributed by atoms with Gasteiger partial charge < -0.3 is 14.2 Å². The highest BCUT2D eigenvalue weighted by atomic mass is 19.4. The second-order valence-electron chi connectivity index (χ2n) is 5.82. The van der Waals surface area contributed by atoms with E-state index >= 15 is 0 Å². The molecule has 0 aliphatic heterocycles. The maximum absolute atomic E-state index is 13.2. The summed E-state index contributed by atoms with van der Waals surface area (Å²) in [6.45, 7) is 1.50. The number of fused-ring (bicyclic) bond motifs is 1. The molecule has 0 bridgehead atoms. The molecule has 0 unspecified atom stereocenters. The van der Waals surface area contributed by atoms with E-state index in [0.29, 0.717) is 36.6 Å². The Morgan fingerprint density at radius 3 is 2.77 bits per heavy atom. The Morgan fingerprint density at radius 2 is 2.04 bits per heavy atom. The summed E-state index contributed by atoms with van der Waals surface area (Å²) in [6, 6.07) is 5.77. The number of methoxy groups -OCH3 is 1. The molecule has 0 radical (unpaired) electrons. The summed E-state index contributed by atoms with van der Waals surface area (Å²) in [6.07, 6.45) is -1.46. The van der Waals surface area contributed by atoms with Gasteiger partial charge in [0.05, 0.1) is 24.2 Å². The second kappa shape index (κ2) is 7.28. The van der Waals surface area contributed by atoms with Crippen LogP contribution in [0, 0.1) is 0 Å². The summed E-state index contributed by atoms with van der Waals surface area (Å²) < 4.78 is 46.6. The van der Waals surface area contributed by atoms with Gasteiger partial charge in [0.1, 0.15) is 6.33 Å². The second-order valence-corrected chi connectivity index (χ2v) is 5.82. The third-order valence-corrected chi connectivity index (χ3v) is 4.08. The number of alkyl halides is 3. The van der Waals surface area contributed by atoms with Crippen molar-refractivity contribution < 1.29 is 17.9 Å². The van der Waals surface area contributed by atoms with Gasteiger partial charge in [0.25, 0.3) is 0 Å². The van der Waals surface area contributed by atoms with Gasteiger partial charge in [-0.1, -0.05) is 12.1 Å². The number of pyridine rings is 1. The number of halogens is 3. The number of hydrogen-bond donors (Lipinski definition) is 0. The first-order valence-corrected chi connectivity index (χ1v) is 7.93. The molecule has 0 amide bonds. The number of rotatable bonds is 6. The van der Waals surface area contributed by atoms with Crippen LogP contribution in [0.4, 0.5) is 18.9 Å². The van der Waals surface area contributed by atoms with Crippen molar-refractivity contribution >= 4 is 16.6 Å². The zero-order chi connectivity index (χ0) is 18.7. The monoisotopic (exact) mass is 365 g/mol. The summed E-state index contributed by atoms with van der Waals surface area (Å²) >= 11 is 0. The summed E-state index contributed by atoms with van der Waals surface area (Å²) in [5.41, 5.74) is -0.166. The van der Waals surface area contributed by atoms with Crippen LogP contribution in [0.15, 0.2) is 36.8 Å². The minimum absolute atomic E-state index is 0.0646. The normalized spacial score (nSPS) is 11.9. The molecule has 3 aromatic rings. The lowest BCUT2D eigenvalue weighted by molar-refractivity contribution is -0.136. The molecule has 0 spiro atoms. The van der Waals surface area contributed by atoms with E-state index in [1.54, 1.807) is 32.6 Å². The highest BCUT2D eigenvalue weighted by molar-refractivity contribution is 5.93. The van der Waals surface area contributed by atoms with Crippen molar-refractivity contribution in [3.8, 4) is 0 Å². The molecule has 3 rings (SSSR count). The zero-order valence-corrected chi connectivity index (χ0v) is 14.4. The lowest BCUT2D eigenvalue weighted by atomic mass is 10.1. The van der Waals surface area contributed by atoms with Crippen LogP contribution in [-0.4, -0.2) is 40.5 Å². The van der Waals surface area contributed by atoms with Crippen LogP contribution in [0.2, 0.25) is 0 Å². The number of para-hydroxylation sites is 1. The minimum Gasteiger partial charge on any atom is -0.383 e. The number of benzene rings is 1. The standard InChI is InChI=1S/C17H18F3N5O/c1-24(10-15-23-22-11-25(15)8-9-26-2)14-6-7-21-16-12(14)4-3-5-13(16)17(18,19)20/h3-7,11H,8-10H2,1-2H3. The van der Waals surface area contributed by atoms with Crippen LogP contribution < -0.4 is 4.90 Å². The zero-order valence-electron chi connectivity index (χ0n) is 14.4. The molecule has 9 heteroatoms. The van der Waals surface area contributed by atoms with E-state index in [-0.39, 0.29) is 5.52 Å². The van der Waals surface area contributed by atoms with Crippen molar-refractivity contribution in [2.75, 3.05) is 25.7 Å². The average molecular weight is 365 g/mol. The van der Waals surface area contributed by atoms with Crippen molar-refractivity contribution in [2.24, 2.45) is 0 Å². The number of aromatic nitrogens is 4. The SMILES string of the molecule is COCCn1cnnc1CN(C)c1ccnc2c(C(F)(F)F)cccc12. The molecule has 0 N–H and O–H groups in total. The fourth-order valence-electron chi connectivity index (χ4n) is 2.80. The molecule has 138 valence electrons. The number of anilines is 1. The van der Waals surface area contributed by atoms with E-state index in [2.05, 4.69) is 15.2 Å². The summed E-state index contributed by atoms with van der Waals surface area (Å²) in [7, 11) is 3.40. The molecule has 26 heavy (non-hydrogen) atoms. The van der Waals surface area contributed by atoms with Gasteiger partial charge in [-0.25, -0.2) is 0 Å². The Morgan fingerprint density at radius 1 is 1.23 bits per heavy atom. The molecule has 0 aliphatic rings. The minimum atomic E-state index is -4.45. The molecule has 0 saturated carbocycles. The van der Waals surface area contributed by atoms with E-state index < -0.39 is 11.7 Å². The fourth-order valence-corrected chi connectivity index (χ4v) is 2.80. The van der Waals surface area contributed by atoms with Crippen molar-refractivity contribution in [2.45, 2.75) is 19.3 Å². The summed E-state index contributed by atoms with van der Waals surface area (Å²) in [5.74, 6) is 0.696. The maximum Gasteiger partial charge on any atom is 0.418 e. The van der Waals surface area contributed by atoms with Gasteiger partial charge in [-0.15, -0.1) is 10.2 Å². The average Bonchev–Trinajstić information content (AvgIpc) is 3.04. The molecule has 0 saturated heterocycles. The van der Waals surface area contributed by atoms with E-state index in [1.165, 1.54) is 12.3 Å². The van der Waals surface area contributed by atoms with Crippen LogP contribution in [-0.2, 0) is 24.0 Å². The van der Waals surface area contributed by atoms with E-state index in [4.69, 9.17) is 4.74 Å². The van der Waals surface area contributed by atoms with Crippen LogP contribution in [0.5, 0.6) is 0 Å². The van der Waals surface area contributed by atoms with E-state index in [0.717, 1.165) is 6.07 Å². The molecule has 1 aromatic carbocycles. The number of ether oxygens (including phenoxy) is 1. The third-order valence-electron chi connectivity index (χ3n) is 4.08. The third kappa shape index (κ3) is 3.62. The van der Waals surface area contributed by atoms with Gasteiger partial charge in [0.2, 0.25) is 0 Å². The lowest BCUT2D eigenvalue weighted by Crippen LogP contribution is -2.21. The maximum atomic E-state index is 13.2. The van der Waals surface area contributed by atoms with Gasteiger partial charge in [-0.2, -0.15) is 13.2 Å². The Kier molecular flexibility index (Phi) is 5.08. The molecule has 0 aliphatic carbocycles. The predicted octanol–water partition coefficient (Wildman–Crippen LogP) is 3.13. The quantitative estimate of drug-likeness (QED) is 0.672. The molecule has 2 aromatic heterocycles. The Bertz CT molecular complexity index is 893. The molecule has 0 fully saturated rings. The van der Waals surface area contributed by atoms with Crippen molar-refractivity contribution in [1.29, 1.82) is 0 Å². The smallest absolute Gasteiger partial charge is 0.383 e. The van der Waals surface area contributed by atoms with Gasteiger partial charge in [-0.3, -0.25) is 4.98 Å². The topological polar surface area (TPSA) is 56.1 Å². The molecule has 2 heterocycles. The van der Waals surface area contributed by atoms with Gasteiger partial charge in [-0.05, 0) is 12.1 Å². The first-order chi connectivity index (χ1) is 12.4. The van der Waals surface area contributed by atoms with Crippen molar-refractivity contribution in [1.82, 2.24) is 19.7 Å². The largest absolute Gasteiger partial charge is 0.418 e. The molecule has 6 nitrogen and oxygen atoms in total. The van der Waals surface area contributed by atoms with Gasteiger partial charge in [0, 0.05) is 38.0 Å². The lowest BCUT2D eigenvalue weighted by Gasteiger charge is -2.21. The van der Waals surface area contributed by atoms with Crippen LogP contribution >= 0.6 is 0 Å². The van der Waals surface area contributed by atoms with E-state index in [9.17, 15) is 13.2 Å². The fraction of sp³-hybridized carbons (Fsp3) is 0.353. The van der Waals surface area contributed by atoms with E-state index in [1.807, 2.05) is 9.47 Å². The van der Waals surface area contributed by atoms with Crippen LogP contribution in [0.25, 0.3) is 10.9 Å². The highest BCUT2D eigenvalue weighted by Gasteiger charge is 2.33. The van der Waals surface area contributed by atoms with Gasteiger partial charge >= 0.3 is 6.18 Å². The highest BCUT2D eigenvalue weighted by Crippen LogP contribution is 2.36. The van der Waals surface area contributed by atoms with Gasteiger partial charge in [0.15, 0.2) is 5.82 Å². The Hall–Kier alpha value is -2.68. The van der Waals surface area contributed by atoms with Crippen LogP contribution in [0.3, 0.4) is 0 Å². The predicted molar refractivity (Wildman–Crippen MR) is 90.8 cm³/mol. The first kappa shape index (κ1) is 18.1. The number of nitrogens with zero attached hydrogens (tertiary/aromatic N) is 5. The Balaban J connectivity index is 1.94. The first-order valence-electron chi connectivity index (χ1n) is 7.93. The number of hydrogen-bond acceptors (Lipinski definition) is 5. The van der Waals surface area contributed by atoms with Crippen molar-refractivity contribution in [3.63, 3.8) is 0 Å². The molecular formula is C17H18F3N5O. The Labute approximate surface area is 148 Å². The summed E-state index contributed by atoms with van der Waals surface area (Å²) in [4.78, 5) is 5.78. The summed E-state index contributed by atoms with van der Waals surface area (Å²) in [5, 5.41) is 8.43.